The number of aryl methyl sites for hydroxylation is 1. The maximum absolute atomic E-state index is 11.0. The Morgan fingerprint density at radius 1 is 1.10 bits per heavy atom. The van der Waals surface area contributed by atoms with Crippen molar-refractivity contribution in [3.63, 3.8) is 0 Å². The predicted molar refractivity (Wildman–Crippen MR) is 80.1 cm³/mol. The molecule has 1 heterocycles. The number of hydrogen-bond donors (Lipinski definition) is 0. The second-order valence-corrected chi connectivity index (χ2v) is 4.96. The molecule has 0 saturated heterocycles. The van der Waals surface area contributed by atoms with Gasteiger partial charge in [0.25, 0.3) is 0 Å². The zero-order valence-corrected chi connectivity index (χ0v) is 11.6. The van der Waals surface area contributed by atoms with Crippen molar-refractivity contribution in [2.45, 2.75) is 6.92 Å². The van der Waals surface area contributed by atoms with Crippen molar-refractivity contribution in [1.29, 1.82) is 0 Å². The third-order valence-corrected chi connectivity index (χ3v) is 3.30. The molecule has 3 nitrogen and oxygen atoms in total. The summed E-state index contributed by atoms with van der Waals surface area (Å²) in [4.78, 5) is 19.9. The first-order valence-electron chi connectivity index (χ1n) is 6.17. The molecule has 0 N–H and O–H groups in total. The van der Waals surface area contributed by atoms with Gasteiger partial charge in [-0.15, -0.1) is 0 Å². The second kappa shape index (κ2) is 5.02. The van der Waals surface area contributed by atoms with Gasteiger partial charge < -0.3 is 0 Å². The van der Waals surface area contributed by atoms with Gasteiger partial charge in [-0.05, 0) is 37.3 Å². The van der Waals surface area contributed by atoms with Gasteiger partial charge in [0.05, 0.1) is 11.2 Å². The SMILES string of the molecule is Cc1nc(-c2cccc(Cl)c2)c2cc(C=O)ccc2n1. The van der Waals surface area contributed by atoms with E-state index < -0.39 is 0 Å². The van der Waals surface area contributed by atoms with Crippen molar-refractivity contribution in [1.82, 2.24) is 9.97 Å². The highest BCUT2D eigenvalue weighted by atomic mass is 35.5. The Labute approximate surface area is 121 Å². The number of rotatable bonds is 2. The fourth-order valence-corrected chi connectivity index (χ4v) is 2.38. The minimum absolute atomic E-state index is 0.605. The molecule has 0 aliphatic rings. The van der Waals surface area contributed by atoms with Crippen LogP contribution < -0.4 is 0 Å². The van der Waals surface area contributed by atoms with E-state index in [0.29, 0.717) is 16.4 Å². The van der Waals surface area contributed by atoms with Crippen LogP contribution in [0.5, 0.6) is 0 Å². The normalized spacial score (nSPS) is 10.7. The molecule has 0 unspecified atom stereocenters. The van der Waals surface area contributed by atoms with E-state index in [1.54, 1.807) is 12.1 Å². The van der Waals surface area contributed by atoms with Gasteiger partial charge in [0.2, 0.25) is 0 Å². The van der Waals surface area contributed by atoms with E-state index in [0.717, 1.165) is 28.4 Å². The number of benzene rings is 2. The highest BCUT2D eigenvalue weighted by molar-refractivity contribution is 6.30. The number of carbonyl (C=O) groups excluding carboxylic acids is 1. The van der Waals surface area contributed by atoms with Crippen LogP contribution in [0.2, 0.25) is 5.02 Å². The van der Waals surface area contributed by atoms with Gasteiger partial charge in [-0.2, -0.15) is 0 Å². The van der Waals surface area contributed by atoms with Crippen molar-refractivity contribution in [3.8, 4) is 11.3 Å². The Kier molecular flexibility index (Phi) is 3.20. The number of fused-ring (bicyclic) bond motifs is 1. The maximum atomic E-state index is 11.0. The predicted octanol–water partition coefficient (Wildman–Crippen LogP) is 4.07. The average Bonchev–Trinajstić information content (AvgIpc) is 2.46. The van der Waals surface area contributed by atoms with Crippen molar-refractivity contribution >= 4 is 28.8 Å². The van der Waals surface area contributed by atoms with Gasteiger partial charge in [0.1, 0.15) is 12.1 Å². The molecule has 0 saturated carbocycles. The first-order chi connectivity index (χ1) is 9.67. The lowest BCUT2D eigenvalue weighted by molar-refractivity contribution is 0.112. The van der Waals surface area contributed by atoms with Crippen LogP contribution in [-0.2, 0) is 0 Å². The van der Waals surface area contributed by atoms with Crippen LogP contribution in [0.4, 0.5) is 0 Å². The molecule has 0 bridgehead atoms. The lowest BCUT2D eigenvalue weighted by atomic mass is 10.0. The van der Waals surface area contributed by atoms with Crippen molar-refractivity contribution < 1.29 is 4.79 Å². The molecule has 98 valence electrons. The molecule has 0 spiro atoms. The molecule has 0 amide bonds. The first kappa shape index (κ1) is 12.8. The highest BCUT2D eigenvalue weighted by Crippen LogP contribution is 2.28. The fourth-order valence-electron chi connectivity index (χ4n) is 2.19. The molecular weight excluding hydrogens is 272 g/mol. The van der Waals surface area contributed by atoms with Gasteiger partial charge in [0.15, 0.2) is 0 Å². The van der Waals surface area contributed by atoms with Gasteiger partial charge in [0, 0.05) is 21.5 Å². The number of carbonyl (C=O) groups is 1. The largest absolute Gasteiger partial charge is 0.298 e. The molecule has 0 fully saturated rings. The first-order valence-corrected chi connectivity index (χ1v) is 6.55. The van der Waals surface area contributed by atoms with Crippen molar-refractivity contribution in [2.75, 3.05) is 0 Å². The topological polar surface area (TPSA) is 42.9 Å². The zero-order chi connectivity index (χ0) is 14.1. The van der Waals surface area contributed by atoms with Gasteiger partial charge in [-0.25, -0.2) is 9.97 Å². The summed E-state index contributed by atoms with van der Waals surface area (Å²) in [7, 11) is 0. The minimum Gasteiger partial charge on any atom is -0.298 e. The van der Waals surface area contributed by atoms with E-state index in [1.165, 1.54) is 0 Å². The molecule has 4 heteroatoms. The summed E-state index contributed by atoms with van der Waals surface area (Å²) in [6, 6.07) is 12.9. The molecule has 2 aromatic carbocycles. The lowest BCUT2D eigenvalue weighted by Crippen LogP contribution is -1.95. The summed E-state index contributed by atoms with van der Waals surface area (Å²) in [6.45, 7) is 1.85. The summed E-state index contributed by atoms with van der Waals surface area (Å²) >= 11 is 6.04. The van der Waals surface area contributed by atoms with E-state index >= 15 is 0 Å². The summed E-state index contributed by atoms with van der Waals surface area (Å²) in [5.74, 6) is 0.686. The summed E-state index contributed by atoms with van der Waals surface area (Å²) < 4.78 is 0. The molecular formula is C16H11ClN2O. The Morgan fingerprint density at radius 2 is 1.95 bits per heavy atom. The van der Waals surface area contributed by atoms with Crippen LogP contribution >= 0.6 is 11.6 Å². The number of halogens is 1. The molecule has 3 rings (SSSR count). The number of aldehydes is 1. The quantitative estimate of drug-likeness (QED) is 0.665. The number of aromatic nitrogens is 2. The van der Waals surface area contributed by atoms with E-state index in [9.17, 15) is 4.79 Å². The number of nitrogens with zero attached hydrogens (tertiary/aromatic N) is 2. The number of hydrogen-bond acceptors (Lipinski definition) is 3. The van der Waals surface area contributed by atoms with Gasteiger partial charge in [-0.3, -0.25) is 4.79 Å². The molecule has 1 aromatic heterocycles. The zero-order valence-electron chi connectivity index (χ0n) is 10.8. The monoisotopic (exact) mass is 282 g/mol. The third-order valence-electron chi connectivity index (χ3n) is 3.07. The van der Waals surface area contributed by atoms with E-state index in [2.05, 4.69) is 9.97 Å². The maximum Gasteiger partial charge on any atom is 0.150 e. The Balaban J connectivity index is 2.35. The summed E-state index contributed by atoms with van der Waals surface area (Å²) in [6.07, 6.45) is 0.820. The van der Waals surface area contributed by atoms with E-state index in [1.807, 2.05) is 37.3 Å². The minimum atomic E-state index is 0.605. The molecule has 20 heavy (non-hydrogen) atoms. The van der Waals surface area contributed by atoms with Gasteiger partial charge in [-0.1, -0.05) is 23.7 Å². The van der Waals surface area contributed by atoms with E-state index in [-0.39, 0.29) is 0 Å². The van der Waals surface area contributed by atoms with Crippen LogP contribution in [-0.4, -0.2) is 16.3 Å². The van der Waals surface area contributed by atoms with Crippen LogP contribution in [0.1, 0.15) is 16.2 Å². The Hall–Kier alpha value is -2.26. The third kappa shape index (κ3) is 2.28. The molecule has 0 aliphatic carbocycles. The standard InChI is InChI=1S/C16H11ClN2O/c1-10-18-15-6-5-11(9-20)7-14(15)16(19-10)12-3-2-4-13(17)8-12/h2-9H,1H3. The Morgan fingerprint density at radius 3 is 2.70 bits per heavy atom. The molecule has 0 radical (unpaired) electrons. The second-order valence-electron chi connectivity index (χ2n) is 4.52. The fraction of sp³-hybridized carbons (Fsp3) is 0.0625. The van der Waals surface area contributed by atoms with Crippen molar-refractivity contribution in [3.05, 3.63) is 58.9 Å². The summed E-state index contributed by atoms with van der Waals surface area (Å²) in [5, 5.41) is 1.50. The highest BCUT2D eigenvalue weighted by Gasteiger charge is 2.09. The molecule has 0 aliphatic heterocycles. The average molecular weight is 283 g/mol. The Bertz CT molecular complexity index is 815. The van der Waals surface area contributed by atoms with Crippen LogP contribution in [0.15, 0.2) is 42.5 Å². The molecule has 0 atom stereocenters. The van der Waals surface area contributed by atoms with E-state index in [4.69, 9.17) is 11.6 Å². The van der Waals surface area contributed by atoms with Crippen LogP contribution in [0.25, 0.3) is 22.2 Å². The summed E-state index contributed by atoms with van der Waals surface area (Å²) in [5.41, 5.74) is 3.13. The lowest BCUT2D eigenvalue weighted by Gasteiger charge is -2.08. The van der Waals surface area contributed by atoms with Gasteiger partial charge >= 0.3 is 0 Å². The van der Waals surface area contributed by atoms with Crippen molar-refractivity contribution in [2.24, 2.45) is 0 Å². The van der Waals surface area contributed by atoms with Crippen LogP contribution in [0, 0.1) is 6.92 Å². The smallest absolute Gasteiger partial charge is 0.150 e. The molecule has 3 aromatic rings. The van der Waals surface area contributed by atoms with Crippen LogP contribution in [0.3, 0.4) is 0 Å².